The van der Waals surface area contributed by atoms with E-state index in [9.17, 15) is 9.59 Å². The lowest BCUT2D eigenvalue weighted by Gasteiger charge is -2.19. The minimum Gasteiger partial charge on any atom is -0.444 e. The summed E-state index contributed by atoms with van der Waals surface area (Å²) < 4.78 is 5.16. The smallest absolute Gasteiger partial charge is 0.412 e. The Balaban J connectivity index is 2.74. The molecule has 1 rings (SSSR count). The van der Waals surface area contributed by atoms with Crippen LogP contribution in [0.3, 0.4) is 0 Å². The third kappa shape index (κ3) is 5.87. The van der Waals surface area contributed by atoms with Gasteiger partial charge in [0.15, 0.2) is 0 Å². The van der Waals surface area contributed by atoms with Crippen LogP contribution >= 0.6 is 11.6 Å². The van der Waals surface area contributed by atoms with Crippen molar-refractivity contribution >= 4 is 29.5 Å². The van der Waals surface area contributed by atoms with Crippen molar-refractivity contribution in [3.63, 3.8) is 0 Å². The molecule has 0 spiro atoms. The van der Waals surface area contributed by atoms with Gasteiger partial charge in [-0.1, -0.05) is 11.6 Å². The van der Waals surface area contributed by atoms with E-state index < -0.39 is 11.7 Å². The first-order valence-corrected chi connectivity index (χ1v) is 6.51. The normalized spacial score (nSPS) is 10.6. The van der Waals surface area contributed by atoms with E-state index in [4.69, 9.17) is 16.3 Å². The summed E-state index contributed by atoms with van der Waals surface area (Å²) in [5.41, 5.74) is 0.811. The van der Waals surface area contributed by atoms with Gasteiger partial charge in [-0.3, -0.25) is 5.32 Å². The Hall–Kier alpha value is -1.84. The number of ether oxygens (including phenoxy) is 1. The number of nitrogens with one attached hydrogen (secondary N) is 1. The second-order valence-corrected chi connectivity index (χ2v) is 5.56. The average molecular weight is 297 g/mol. The molecule has 0 saturated heterocycles. The maximum Gasteiger partial charge on any atom is 0.412 e. The first-order valence-electron chi connectivity index (χ1n) is 6.14. The zero-order chi connectivity index (χ0) is 15.2. The van der Waals surface area contributed by atoms with Crippen molar-refractivity contribution in [1.29, 1.82) is 0 Å². The Morgan fingerprint density at radius 1 is 1.45 bits per heavy atom. The molecule has 0 bridgehead atoms. The number of hydrogen-bond acceptors (Lipinski definition) is 4. The van der Waals surface area contributed by atoms with Crippen LogP contribution in [0.4, 0.5) is 10.5 Å². The van der Waals surface area contributed by atoms with Crippen molar-refractivity contribution in [2.45, 2.75) is 32.8 Å². The van der Waals surface area contributed by atoms with Gasteiger partial charge in [-0.05, 0) is 51.0 Å². The summed E-state index contributed by atoms with van der Waals surface area (Å²) in [6.07, 6.45) is 1.44. The largest absolute Gasteiger partial charge is 0.444 e. The highest BCUT2D eigenvalue weighted by molar-refractivity contribution is 6.31. The highest BCUT2D eigenvalue weighted by atomic mass is 35.5. The minimum absolute atomic E-state index is 0.305. The third-order valence-corrected chi connectivity index (χ3v) is 2.62. The van der Waals surface area contributed by atoms with Crippen LogP contribution in [0.15, 0.2) is 23.2 Å². The van der Waals surface area contributed by atoms with Crippen LogP contribution in [0, 0.1) is 0 Å². The van der Waals surface area contributed by atoms with Crippen LogP contribution in [0.1, 0.15) is 26.3 Å². The van der Waals surface area contributed by atoms with Crippen LogP contribution in [-0.2, 0) is 16.0 Å². The van der Waals surface area contributed by atoms with Crippen molar-refractivity contribution in [3.05, 3.63) is 28.8 Å². The van der Waals surface area contributed by atoms with Gasteiger partial charge in [-0.25, -0.2) is 14.6 Å². The summed E-state index contributed by atoms with van der Waals surface area (Å²) in [6, 6.07) is 5.08. The van der Waals surface area contributed by atoms with E-state index in [1.165, 1.54) is 6.08 Å². The number of hydrogen-bond donors (Lipinski definition) is 1. The van der Waals surface area contributed by atoms with Gasteiger partial charge in [0.05, 0.1) is 6.54 Å². The number of amides is 1. The molecule has 0 unspecified atom stereocenters. The van der Waals surface area contributed by atoms with E-state index in [1.54, 1.807) is 39.0 Å². The molecule has 5 nitrogen and oxygen atoms in total. The topological polar surface area (TPSA) is 67.8 Å². The fraction of sp³-hybridized carbons (Fsp3) is 0.429. The lowest BCUT2D eigenvalue weighted by atomic mass is 10.1. The number of aliphatic imine (C=N–C) groups is 1. The number of rotatable bonds is 4. The summed E-state index contributed by atoms with van der Waals surface area (Å²) in [7, 11) is 0. The van der Waals surface area contributed by atoms with Crippen molar-refractivity contribution in [3.8, 4) is 0 Å². The molecule has 1 N–H and O–H groups in total. The number of nitrogens with zero attached hydrogens (tertiary/aromatic N) is 1. The number of halogens is 1. The molecule has 108 valence electrons. The minimum atomic E-state index is -0.558. The SMILES string of the molecule is CC(C)(C)OC(=O)Nc1ccc(Cl)c(CCN=C=O)c1. The van der Waals surface area contributed by atoms with Gasteiger partial charge in [0.2, 0.25) is 6.08 Å². The fourth-order valence-electron chi connectivity index (χ4n) is 1.49. The monoisotopic (exact) mass is 296 g/mol. The quantitative estimate of drug-likeness (QED) is 0.682. The maximum absolute atomic E-state index is 11.6. The van der Waals surface area contributed by atoms with Crippen LogP contribution in [0.5, 0.6) is 0 Å². The van der Waals surface area contributed by atoms with Crippen LogP contribution in [0.2, 0.25) is 5.02 Å². The Labute approximate surface area is 123 Å². The Kier molecular flexibility index (Phi) is 5.74. The maximum atomic E-state index is 11.6. The Morgan fingerprint density at radius 2 is 2.15 bits per heavy atom. The molecular weight excluding hydrogens is 280 g/mol. The van der Waals surface area contributed by atoms with Crippen molar-refractivity contribution in [1.82, 2.24) is 0 Å². The number of carbonyl (C=O) groups excluding carboxylic acids is 2. The molecule has 1 aromatic carbocycles. The number of anilines is 1. The second kappa shape index (κ2) is 7.08. The zero-order valence-electron chi connectivity index (χ0n) is 11.7. The molecule has 1 amide bonds. The lowest BCUT2D eigenvalue weighted by molar-refractivity contribution is 0.0636. The average Bonchev–Trinajstić information content (AvgIpc) is 2.31. The highest BCUT2D eigenvalue weighted by Crippen LogP contribution is 2.21. The molecule has 20 heavy (non-hydrogen) atoms. The van der Waals surface area contributed by atoms with Crippen molar-refractivity contribution < 1.29 is 14.3 Å². The molecule has 0 aliphatic rings. The third-order valence-electron chi connectivity index (χ3n) is 2.25. The van der Waals surface area contributed by atoms with Gasteiger partial charge < -0.3 is 4.74 Å². The van der Waals surface area contributed by atoms with Crippen molar-refractivity contribution in [2.24, 2.45) is 4.99 Å². The number of carbonyl (C=O) groups is 1. The van der Waals surface area contributed by atoms with Crippen molar-refractivity contribution in [2.75, 3.05) is 11.9 Å². The molecule has 1 aromatic rings. The molecule has 0 atom stereocenters. The fourth-order valence-corrected chi connectivity index (χ4v) is 1.70. The van der Waals surface area contributed by atoms with Gasteiger partial charge in [0.25, 0.3) is 0 Å². The molecule has 0 heterocycles. The predicted molar refractivity (Wildman–Crippen MR) is 78.0 cm³/mol. The Morgan fingerprint density at radius 3 is 2.75 bits per heavy atom. The molecule has 0 aliphatic heterocycles. The van der Waals surface area contributed by atoms with E-state index in [0.29, 0.717) is 23.7 Å². The van der Waals surface area contributed by atoms with Gasteiger partial charge >= 0.3 is 6.09 Å². The van der Waals surface area contributed by atoms with E-state index in [1.807, 2.05) is 0 Å². The number of isocyanates is 1. The van der Waals surface area contributed by atoms with E-state index in [-0.39, 0.29) is 0 Å². The zero-order valence-corrected chi connectivity index (χ0v) is 12.5. The van der Waals surface area contributed by atoms with Gasteiger partial charge in [0.1, 0.15) is 5.60 Å². The van der Waals surface area contributed by atoms with Gasteiger partial charge in [-0.2, -0.15) is 0 Å². The van der Waals surface area contributed by atoms with Gasteiger partial charge in [-0.15, -0.1) is 0 Å². The molecule has 0 aliphatic carbocycles. The summed E-state index contributed by atoms with van der Waals surface area (Å²) in [5.74, 6) is 0. The van der Waals surface area contributed by atoms with Crippen LogP contribution < -0.4 is 5.32 Å². The summed E-state index contributed by atoms with van der Waals surface area (Å²) in [6.45, 7) is 5.67. The molecule has 0 saturated carbocycles. The molecule has 6 heteroatoms. The highest BCUT2D eigenvalue weighted by Gasteiger charge is 2.16. The first-order chi connectivity index (χ1) is 9.31. The summed E-state index contributed by atoms with van der Waals surface area (Å²) in [4.78, 5) is 25.1. The van der Waals surface area contributed by atoms with Gasteiger partial charge in [0, 0.05) is 10.7 Å². The standard InChI is InChI=1S/C14H17ClN2O3/c1-14(2,3)20-13(19)17-11-4-5-12(15)10(8-11)6-7-16-9-18/h4-5,8H,6-7H2,1-3H3,(H,17,19). The van der Waals surface area contributed by atoms with E-state index in [2.05, 4.69) is 10.3 Å². The molecule has 0 radical (unpaired) electrons. The first kappa shape index (κ1) is 16.2. The second-order valence-electron chi connectivity index (χ2n) is 5.16. The lowest BCUT2D eigenvalue weighted by Crippen LogP contribution is -2.27. The van der Waals surface area contributed by atoms with Crippen LogP contribution in [0.25, 0.3) is 0 Å². The predicted octanol–water partition coefficient (Wildman–Crippen LogP) is 3.57. The summed E-state index contributed by atoms with van der Waals surface area (Å²) >= 11 is 6.03. The van der Waals surface area contributed by atoms with Crippen LogP contribution in [-0.4, -0.2) is 24.3 Å². The Bertz CT molecular complexity index is 532. The molecule has 0 fully saturated rings. The molecular formula is C14H17ClN2O3. The van der Waals surface area contributed by atoms with E-state index in [0.717, 1.165) is 5.56 Å². The summed E-state index contributed by atoms with van der Waals surface area (Å²) in [5, 5.41) is 3.19. The van der Waals surface area contributed by atoms with E-state index >= 15 is 0 Å². The molecule has 0 aromatic heterocycles. The number of benzene rings is 1.